The summed E-state index contributed by atoms with van der Waals surface area (Å²) < 4.78 is 5.84. The molecule has 1 aliphatic rings. The maximum atomic E-state index is 5.84. The number of guanidine groups is 1. The van der Waals surface area contributed by atoms with Crippen molar-refractivity contribution in [2.45, 2.75) is 72.4 Å². The molecule has 6 nitrogen and oxygen atoms in total. The van der Waals surface area contributed by atoms with Crippen LogP contribution in [0.3, 0.4) is 0 Å². The highest BCUT2D eigenvalue weighted by molar-refractivity contribution is 7.09. The number of aromatic nitrogens is 1. The molecule has 0 saturated carbocycles. The Labute approximate surface area is 191 Å². The molecular formula is C24H37N5OS. The van der Waals surface area contributed by atoms with Crippen LogP contribution in [0.2, 0.25) is 0 Å². The van der Waals surface area contributed by atoms with Crippen LogP contribution in [-0.4, -0.2) is 47.7 Å². The summed E-state index contributed by atoms with van der Waals surface area (Å²) in [5.41, 5.74) is 3.70. The highest BCUT2D eigenvalue weighted by Gasteiger charge is 2.21. The third kappa shape index (κ3) is 7.59. The molecular weight excluding hydrogens is 406 g/mol. The first kappa shape index (κ1) is 23.7. The first-order chi connectivity index (χ1) is 14.9. The van der Waals surface area contributed by atoms with Crippen molar-refractivity contribution in [3.05, 3.63) is 51.5 Å². The summed E-state index contributed by atoms with van der Waals surface area (Å²) >= 11 is 1.70. The van der Waals surface area contributed by atoms with E-state index in [1.807, 2.05) is 0 Å². The molecule has 2 heterocycles. The maximum absolute atomic E-state index is 5.84. The molecule has 2 unspecified atom stereocenters. The molecule has 1 aliphatic heterocycles. The van der Waals surface area contributed by atoms with Gasteiger partial charge < -0.3 is 15.4 Å². The van der Waals surface area contributed by atoms with Crippen LogP contribution in [-0.2, 0) is 24.4 Å². The Morgan fingerprint density at radius 1 is 1.16 bits per heavy atom. The van der Waals surface area contributed by atoms with Crippen molar-refractivity contribution in [1.82, 2.24) is 20.5 Å². The molecule has 0 spiro atoms. The molecule has 0 amide bonds. The molecule has 1 saturated heterocycles. The molecule has 0 radical (unpaired) electrons. The molecule has 1 fully saturated rings. The van der Waals surface area contributed by atoms with Gasteiger partial charge in [-0.25, -0.2) is 9.98 Å². The average molecular weight is 444 g/mol. The van der Waals surface area contributed by atoms with Crippen LogP contribution in [0.5, 0.6) is 0 Å². The predicted octanol–water partition coefficient (Wildman–Crippen LogP) is 4.13. The lowest BCUT2D eigenvalue weighted by Crippen LogP contribution is -2.44. The molecule has 7 heteroatoms. The van der Waals surface area contributed by atoms with E-state index in [0.717, 1.165) is 42.8 Å². The van der Waals surface area contributed by atoms with Crippen molar-refractivity contribution in [2.24, 2.45) is 4.99 Å². The van der Waals surface area contributed by atoms with Gasteiger partial charge in [0.2, 0.25) is 0 Å². The zero-order valence-electron chi connectivity index (χ0n) is 19.5. The minimum Gasteiger partial charge on any atom is -0.373 e. The number of nitrogens with one attached hydrogen (secondary N) is 2. The minimum absolute atomic E-state index is 0.302. The van der Waals surface area contributed by atoms with Crippen LogP contribution >= 0.6 is 11.3 Å². The lowest BCUT2D eigenvalue weighted by molar-refractivity contribution is -0.0704. The van der Waals surface area contributed by atoms with Crippen LogP contribution in [0.4, 0.5) is 0 Å². The van der Waals surface area contributed by atoms with E-state index in [0.29, 0.717) is 31.2 Å². The number of nitrogens with zero attached hydrogens (tertiary/aromatic N) is 3. The first-order valence-electron chi connectivity index (χ1n) is 11.3. The van der Waals surface area contributed by atoms with Crippen molar-refractivity contribution in [2.75, 3.05) is 19.6 Å². The number of hydrogen-bond acceptors (Lipinski definition) is 5. The van der Waals surface area contributed by atoms with Gasteiger partial charge in [-0.15, -0.1) is 11.3 Å². The van der Waals surface area contributed by atoms with Gasteiger partial charge in [-0.05, 0) is 37.8 Å². The van der Waals surface area contributed by atoms with Crippen molar-refractivity contribution < 1.29 is 4.74 Å². The van der Waals surface area contributed by atoms with Gasteiger partial charge >= 0.3 is 0 Å². The van der Waals surface area contributed by atoms with E-state index in [4.69, 9.17) is 9.73 Å². The second-order valence-electron chi connectivity index (χ2n) is 8.64. The lowest BCUT2D eigenvalue weighted by Gasteiger charge is -2.35. The van der Waals surface area contributed by atoms with Gasteiger partial charge in [-0.1, -0.05) is 38.1 Å². The fraction of sp³-hybridized carbons (Fsp3) is 0.583. The number of ether oxygens (including phenoxy) is 1. The Bertz CT molecular complexity index is 823. The molecule has 2 N–H and O–H groups in total. The Morgan fingerprint density at radius 3 is 2.45 bits per heavy atom. The maximum Gasteiger partial charge on any atom is 0.191 e. The summed E-state index contributed by atoms with van der Waals surface area (Å²) in [5.74, 6) is 1.29. The quantitative estimate of drug-likeness (QED) is 0.474. The summed E-state index contributed by atoms with van der Waals surface area (Å²) in [7, 11) is 0. The largest absolute Gasteiger partial charge is 0.373 e. The van der Waals surface area contributed by atoms with Crippen LogP contribution in [0.25, 0.3) is 0 Å². The van der Waals surface area contributed by atoms with E-state index in [-0.39, 0.29) is 0 Å². The first-order valence-corrected chi connectivity index (χ1v) is 12.2. The SMILES string of the molecule is CCNC(=NCc1ccc(CN2CC(C)OC(C)C2)cc1)NCc1nc(C(C)C)cs1. The molecule has 2 atom stereocenters. The van der Waals surface area contributed by atoms with Crippen molar-refractivity contribution in [3.63, 3.8) is 0 Å². The summed E-state index contributed by atoms with van der Waals surface area (Å²) in [4.78, 5) is 11.9. The highest BCUT2D eigenvalue weighted by atomic mass is 32.1. The Kier molecular flexibility index (Phi) is 8.87. The highest BCUT2D eigenvalue weighted by Crippen LogP contribution is 2.18. The average Bonchev–Trinajstić information content (AvgIpc) is 3.20. The van der Waals surface area contributed by atoms with E-state index in [1.54, 1.807) is 11.3 Å². The Balaban J connectivity index is 1.52. The van der Waals surface area contributed by atoms with E-state index >= 15 is 0 Å². The van der Waals surface area contributed by atoms with Crippen molar-refractivity contribution >= 4 is 17.3 Å². The van der Waals surface area contributed by atoms with E-state index < -0.39 is 0 Å². The fourth-order valence-corrected chi connectivity index (χ4v) is 4.66. The molecule has 1 aromatic carbocycles. The van der Waals surface area contributed by atoms with Gasteiger partial charge in [0, 0.05) is 31.6 Å². The predicted molar refractivity (Wildman–Crippen MR) is 130 cm³/mol. The van der Waals surface area contributed by atoms with Crippen molar-refractivity contribution in [3.8, 4) is 0 Å². The summed E-state index contributed by atoms with van der Waals surface area (Å²) in [6.45, 7) is 15.9. The number of benzene rings is 1. The summed E-state index contributed by atoms with van der Waals surface area (Å²) in [5, 5.41) is 9.96. The van der Waals surface area contributed by atoms with Crippen LogP contribution < -0.4 is 10.6 Å². The summed E-state index contributed by atoms with van der Waals surface area (Å²) in [6.07, 6.45) is 0.603. The molecule has 31 heavy (non-hydrogen) atoms. The van der Waals surface area contributed by atoms with Gasteiger partial charge in [0.05, 0.1) is 31.0 Å². The topological polar surface area (TPSA) is 61.8 Å². The number of rotatable bonds is 8. The number of aliphatic imine (C=N–C) groups is 1. The zero-order chi connectivity index (χ0) is 22.2. The van der Waals surface area contributed by atoms with Gasteiger partial charge in [-0.2, -0.15) is 0 Å². The number of hydrogen-bond donors (Lipinski definition) is 2. The number of thiazole rings is 1. The normalized spacial score (nSPS) is 20.3. The standard InChI is InChI=1S/C24H37N5OS/c1-6-25-24(27-12-23-28-22(16-31-23)17(2)3)26-11-20-7-9-21(10-8-20)15-29-13-18(4)30-19(5)14-29/h7-10,16-19H,6,11-15H2,1-5H3,(H2,25,26,27). The third-order valence-corrected chi connectivity index (χ3v) is 6.12. The molecule has 2 aromatic rings. The van der Waals surface area contributed by atoms with E-state index in [1.165, 1.54) is 11.1 Å². The monoisotopic (exact) mass is 443 g/mol. The van der Waals surface area contributed by atoms with Gasteiger partial charge in [0.1, 0.15) is 5.01 Å². The molecule has 0 aliphatic carbocycles. The van der Waals surface area contributed by atoms with E-state index in [2.05, 4.69) is 84.8 Å². The zero-order valence-corrected chi connectivity index (χ0v) is 20.3. The fourth-order valence-electron chi connectivity index (χ4n) is 3.76. The van der Waals surface area contributed by atoms with E-state index in [9.17, 15) is 0 Å². The Morgan fingerprint density at radius 2 is 1.84 bits per heavy atom. The van der Waals surface area contributed by atoms with Gasteiger partial charge in [-0.3, -0.25) is 4.90 Å². The van der Waals surface area contributed by atoms with Crippen molar-refractivity contribution in [1.29, 1.82) is 0 Å². The number of morpholine rings is 1. The molecule has 0 bridgehead atoms. The third-order valence-electron chi connectivity index (χ3n) is 5.26. The lowest BCUT2D eigenvalue weighted by atomic mass is 10.1. The van der Waals surface area contributed by atoms with Gasteiger partial charge in [0.25, 0.3) is 0 Å². The summed E-state index contributed by atoms with van der Waals surface area (Å²) in [6, 6.07) is 8.81. The van der Waals surface area contributed by atoms with Crippen LogP contribution in [0.15, 0.2) is 34.6 Å². The van der Waals surface area contributed by atoms with Gasteiger partial charge in [0.15, 0.2) is 5.96 Å². The van der Waals surface area contributed by atoms with Crippen LogP contribution in [0, 0.1) is 0 Å². The smallest absolute Gasteiger partial charge is 0.191 e. The molecule has 3 rings (SSSR count). The van der Waals surface area contributed by atoms with Crippen LogP contribution in [0.1, 0.15) is 62.4 Å². The Hall–Kier alpha value is -1.96. The minimum atomic E-state index is 0.302. The molecule has 170 valence electrons. The molecule has 1 aromatic heterocycles. The second-order valence-corrected chi connectivity index (χ2v) is 9.58. The second kappa shape index (κ2) is 11.6.